The first-order valence-electron chi connectivity index (χ1n) is 18.3. The maximum Gasteiger partial charge on any atom is 0.253 e. The van der Waals surface area contributed by atoms with Gasteiger partial charge in [-0.2, -0.15) is 0 Å². The van der Waals surface area contributed by atoms with Gasteiger partial charge in [0.15, 0.2) is 0 Å². The molecule has 4 aliphatic rings. The van der Waals surface area contributed by atoms with Crippen molar-refractivity contribution < 1.29 is 33.5 Å². The number of rotatable bonds is 5. The number of likely N-dealkylation sites (tertiary alicyclic amines) is 1. The van der Waals surface area contributed by atoms with E-state index in [1.165, 1.54) is 6.92 Å². The molecule has 3 aromatic carbocycles. The summed E-state index contributed by atoms with van der Waals surface area (Å²) in [4.78, 5) is 82.5. The Morgan fingerprint density at radius 3 is 2.22 bits per heavy atom. The van der Waals surface area contributed by atoms with Gasteiger partial charge in [-0.15, -0.1) is 0 Å². The van der Waals surface area contributed by atoms with Crippen molar-refractivity contribution in [2.45, 2.75) is 69.1 Å². The van der Waals surface area contributed by atoms with Crippen LogP contribution >= 0.6 is 11.6 Å². The van der Waals surface area contributed by atoms with Crippen LogP contribution in [0.4, 0.5) is 0 Å². The zero-order valence-electron chi connectivity index (χ0n) is 30.1. The van der Waals surface area contributed by atoms with Gasteiger partial charge in [0.05, 0.1) is 6.54 Å². The normalized spacial score (nSPS) is 22.6. The quantitative estimate of drug-likeness (QED) is 0.249. The summed E-state index contributed by atoms with van der Waals surface area (Å²) in [5.41, 5.74) is 0.973. The summed E-state index contributed by atoms with van der Waals surface area (Å²) in [5.74, 6) is -2.36. The molecule has 284 valence electrons. The summed E-state index contributed by atoms with van der Waals surface area (Å²) in [6.45, 7) is 2.65. The number of piperidine rings is 1. The van der Waals surface area contributed by atoms with Crippen molar-refractivity contribution in [1.82, 2.24) is 31.5 Å². The van der Waals surface area contributed by atoms with Crippen LogP contribution in [0.3, 0.4) is 0 Å². The van der Waals surface area contributed by atoms with Gasteiger partial charge in [0, 0.05) is 42.4 Å². The molecule has 0 unspecified atom stereocenters. The van der Waals surface area contributed by atoms with Crippen LogP contribution in [0.2, 0.25) is 5.02 Å². The Hall–Kier alpha value is -5.43. The van der Waals surface area contributed by atoms with Crippen molar-refractivity contribution in [3.63, 3.8) is 0 Å². The molecule has 6 amide bonds. The van der Waals surface area contributed by atoms with Crippen molar-refractivity contribution >= 4 is 47.0 Å². The third-order valence-corrected chi connectivity index (χ3v) is 10.4. The average molecular weight is 757 g/mol. The molecule has 2 bridgehead atoms. The highest BCUT2D eigenvalue weighted by molar-refractivity contribution is 6.30. The number of fused-ring (bicyclic) bond motifs is 15. The first kappa shape index (κ1) is 38.3. The molecule has 14 heteroatoms. The Morgan fingerprint density at radius 1 is 0.870 bits per heavy atom. The van der Waals surface area contributed by atoms with E-state index >= 15 is 0 Å². The lowest BCUT2D eigenvalue weighted by Gasteiger charge is -2.32. The highest BCUT2D eigenvalue weighted by Crippen LogP contribution is 2.35. The number of carbonyl (C=O) groups is 6. The first-order valence-corrected chi connectivity index (χ1v) is 18.7. The summed E-state index contributed by atoms with van der Waals surface area (Å²) in [6.07, 6.45) is 2.02. The van der Waals surface area contributed by atoms with Gasteiger partial charge in [-0.1, -0.05) is 54.1 Å². The molecule has 1 spiro atoms. The molecule has 1 saturated carbocycles. The minimum atomic E-state index is -1.08. The van der Waals surface area contributed by atoms with Crippen molar-refractivity contribution in [2.75, 3.05) is 26.2 Å². The highest BCUT2D eigenvalue weighted by Gasteiger charge is 2.51. The number of benzene rings is 3. The fraction of sp³-hybridized carbons (Fsp3) is 0.400. The number of hydrogen-bond donors (Lipinski definition) is 5. The van der Waals surface area contributed by atoms with E-state index in [0.717, 1.165) is 11.1 Å². The van der Waals surface area contributed by atoms with Gasteiger partial charge < -0.3 is 36.2 Å². The summed E-state index contributed by atoms with van der Waals surface area (Å²) in [7, 11) is 0. The van der Waals surface area contributed by atoms with Gasteiger partial charge in [0.25, 0.3) is 5.91 Å². The predicted octanol–water partition coefficient (Wildman–Crippen LogP) is 2.31. The SMILES string of the molecule is C[C@@H]1NC(=O)[C@@H](NC(=O)C2CCN(C(=O)c3ccc(Cl)cc3)CC2)Cc2ccc(cc2)OCCNC(=O)C2(CC2)NC(=O)[C@@H](Cc2ccccc2)NC1=O. The zero-order valence-corrected chi connectivity index (χ0v) is 30.8. The number of nitrogens with one attached hydrogen (secondary N) is 5. The number of carbonyl (C=O) groups excluding carboxylic acids is 6. The van der Waals surface area contributed by atoms with E-state index < -0.39 is 47.3 Å². The molecule has 0 aromatic heterocycles. The van der Waals surface area contributed by atoms with Crippen LogP contribution in [-0.4, -0.2) is 90.2 Å². The van der Waals surface area contributed by atoms with E-state index in [4.69, 9.17) is 16.3 Å². The minimum Gasteiger partial charge on any atom is -0.492 e. The smallest absolute Gasteiger partial charge is 0.253 e. The van der Waals surface area contributed by atoms with Crippen LogP contribution in [-0.2, 0) is 36.8 Å². The summed E-state index contributed by atoms with van der Waals surface area (Å²) in [6, 6.07) is 19.7. The van der Waals surface area contributed by atoms with E-state index in [1.807, 2.05) is 30.3 Å². The van der Waals surface area contributed by atoms with Gasteiger partial charge in [-0.3, -0.25) is 28.8 Å². The zero-order chi connectivity index (χ0) is 38.2. The summed E-state index contributed by atoms with van der Waals surface area (Å²) >= 11 is 5.98. The van der Waals surface area contributed by atoms with Crippen LogP contribution < -0.4 is 31.3 Å². The van der Waals surface area contributed by atoms with Crippen LogP contribution in [0.5, 0.6) is 5.75 Å². The Balaban J connectivity index is 1.16. The van der Waals surface area contributed by atoms with Gasteiger partial charge >= 0.3 is 0 Å². The largest absolute Gasteiger partial charge is 0.492 e. The second-order valence-electron chi connectivity index (χ2n) is 14.1. The Bertz CT molecular complexity index is 1840. The van der Waals surface area contributed by atoms with Gasteiger partial charge in [0.1, 0.15) is 36.0 Å². The van der Waals surface area contributed by atoms with Gasteiger partial charge in [-0.25, -0.2) is 0 Å². The van der Waals surface area contributed by atoms with Crippen molar-refractivity contribution in [2.24, 2.45) is 5.92 Å². The third kappa shape index (κ3) is 9.75. The van der Waals surface area contributed by atoms with Crippen molar-refractivity contribution in [3.8, 4) is 5.75 Å². The number of hydrogen-bond acceptors (Lipinski definition) is 7. The lowest BCUT2D eigenvalue weighted by atomic mass is 9.94. The van der Waals surface area contributed by atoms with E-state index in [0.29, 0.717) is 55.1 Å². The maximum atomic E-state index is 13.8. The molecule has 3 aliphatic heterocycles. The van der Waals surface area contributed by atoms with Gasteiger partial charge in [-0.05, 0) is 80.1 Å². The summed E-state index contributed by atoms with van der Waals surface area (Å²) in [5, 5.41) is 14.7. The first-order chi connectivity index (χ1) is 26.0. The molecular formula is C40H45ClN6O7. The van der Waals surface area contributed by atoms with E-state index in [1.54, 1.807) is 53.4 Å². The monoisotopic (exact) mass is 756 g/mol. The average Bonchev–Trinajstić information content (AvgIpc) is 3.97. The number of halogens is 1. The van der Waals surface area contributed by atoms with Crippen LogP contribution in [0.1, 0.15) is 54.1 Å². The number of nitrogens with zero attached hydrogens (tertiary/aromatic N) is 1. The predicted molar refractivity (Wildman–Crippen MR) is 200 cm³/mol. The fourth-order valence-corrected chi connectivity index (χ4v) is 6.80. The van der Waals surface area contributed by atoms with Crippen LogP contribution in [0.25, 0.3) is 0 Å². The molecule has 2 fully saturated rings. The highest BCUT2D eigenvalue weighted by atomic mass is 35.5. The second kappa shape index (κ2) is 17.1. The van der Waals surface area contributed by atoms with E-state index in [-0.39, 0.29) is 43.7 Å². The number of ether oxygens (including phenoxy) is 1. The van der Waals surface area contributed by atoms with Gasteiger partial charge in [0.2, 0.25) is 29.5 Å². The lowest BCUT2D eigenvalue weighted by molar-refractivity contribution is -0.135. The van der Waals surface area contributed by atoms with Crippen molar-refractivity contribution in [3.05, 3.63) is 101 Å². The minimum absolute atomic E-state index is 0.122. The number of amides is 6. The molecule has 54 heavy (non-hydrogen) atoms. The molecule has 3 atom stereocenters. The fourth-order valence-electron chi connectivity index (χ4n) is 6.67. The molecule has 13 nitrogen and oxygen atoms in total. The topological polar surface area (TPSA) is 175 Å². The van der Waals surface area contributed by atoms with Crippen LogP contribution in [0.15, 0.2) is 78.9 Å². The summed E-state index contributed by atoms with van der Waals surface area (Å²) < 4.78 is 5.83. The lowest BCUT2D eigenvalue weighted by Crippen LogP contribution is -2.59. The van der Waals surface area contributed by atoms with E-state index in [2.05, 4.69) is 26.6 Å². The molecule has 3 aromatic rings. The molecule has 0 radical (unpaired) electrons. The Labute approximate surface area is 318 Å². The molecule has 1 saturated heterocycles. The van der Waals surface area contributed by atoms with Crippen molar-refractivity contribution in [1.29, 1.82) is 0 Å². The maximum absolute atomic E-state index is 13.8. The second-order valence-corrected chi connectivity index (χ2v) is 14.6. The molecule has 7 rings (SSSR count). The third-order valence-electron chi connectivity index (χ3n) is 10.1. The standard InChI is InChI=1S/C40H45ClN6O7/c1-25-34(48)44-33(23-26-5-3-2-4-6-26)37(51)46-40(17-18-40)39(53)42-19-22-54-31-13-7-27(8-14-31)24-32(36(50)43-25)45-35(49)28-15-20-47(21-16-28)38(52)29-9-11-30(41)12-10-29/h2-14,25,28,32-33H,15-24H2,1H3,(H,42,53)(H,43,50)(H,44,48)(H,45,49)(H,46,51)/t25-,32-,33+/m0/s1. The Morgan fingerprint density at radius 2 is 1.56 bits per heavy atom. The molecular weight excluding hydrogens is 712 g/mol. The Kier molecular flexibility index (Phi) is 12.2. The molecule has 5 N–H and O–H groups in total. The van der Waals surface area contributed by atoms with E-state index in [9.17, 15) is 28.8 Å². The van der Waals surface area contributed by atoms with Crippen LogP contribution in [0, 0.1) is 5.92 Å². The molecule has 1 aliphatic carbocycles. The molecule has 3 heterocycles.